The summed E-state index contributed by atoms with van der Waals surface area (Å²) in [6, 6.07) is 8.38. The van der Waals surface area contributed by atoms with E-state index >= 15 is 0 Å². The largest absolute Gasteiger partial charge is 0.501 e. The van der Waals surface area contributed by atoms with E-state index in [-0.39, 0.29) is 0 Å². The van der Waals surface area contributed by atoms with Crippen molar-refractivity contribution >= 4 is 21.4 Å². The van der Waals surface area contributed by atoms with Crippen LogP contribution in [-0.2, 0) is 9.84 Å². The van der Waals surface area contributed by atoms with Gasteiger partial charge in [-0.1, -0.05) is 31.4 Å². The predicted molar refractivity (Wildman–Crippen MR) is 99.9 cm³/mol. The molecular formula is C20H19F4NO3S. The first-order valence-electron chi connectivity index (χ1n) is 9.12. The average molecular weight is 429 g/mol. The Morgan fingerprint density at radius 2 is 1.59 bits per heavy atom. The summed E-state index contributed by atoms with van der Waals surface area (Å²) < 4.78 is 75.1. The lowest BCUT2D eigenvalue weighted by Crippen LogP contribution is -2.24. The van der Waals surface area contributed by atoms with Gasteiger partial charge in [0.1, 0.15) is 5.82 Å². The molecule has 0 radical (unpaired) electrons. The average Bonchev–Trinajstić information content (AvgIpc) is 2.68. The van der Waals surface area contributed by atoms with Crippen molar-refractivity contribution in [3.8, 4) is 0 Å². The molecule has 1 N–H and O–H groups in total. The van der Waals surface area contributed by atoms with E-state index in [0.717, 1.165) is 18.4 Å². The van der Waals surface area contributed by atoms with Crippen molar-refractivity contribution in [2.75, 3.05) is 5.32 Å². The third kappa shape index (κ3) is 4.60. The van der Waals surface area contributed by atoms with Gasteiger partial charge in [0.05, 0.1) is 10.5 Å². The van der Waals surface area contributed by atoms with E-state index in [1.807, 2.05) is 12.1 Å². The van der Waals surface area contributed by atoms with Gasteiger partial charge in [-0.2, -0.15) is 13.2 Å². The molecule has 0 saturated heterocycles. The van der Waals surface area contributed by atoms with Crippen LogP contribution in [0.5, 0.6) is 0 Å². The number of carbonyl (C=O) groups is 1. The summed E-state index contributed by atoms with van der Waals surface area (Å²) in [6.45, 7) is 0. The quantitative estimate of drug-likeness (QED) is 0.522. The van der Waals surface area contributed by atoms with E-state index in [0.29, 0.717) is 29.8 Å². The van der Waals surface area contributed by atoms with Gasteiger partial charge in [-0.05, 0) is 54.7 Å². The Balaban J connectivity index is 1.79. The second-order valence-corrected chi connectivity index (χ2v) is 8.94. The van der Waals surface area contributed by atoms with Crippen molar-refractivity contribution in [1.29, 1.82) is 0 Å². The van der Waals surface area contributed by atoms with E-state index < -0.39 is 37.5 Å². The molecule has 1 aliphatic rings. The topological polar surface area (TPSA) is 63.2 Å². The summed E-state index contributed by atoms with van der Waals surface area (Å²) in [4.78, 5) is 11.1. The van der Waals surface area contributed by atoms with Crippen molar-refractivity contribution < 1.29 is 30.8 Å². The van der Waals surface area contributed by atoms with E-state index in [4.69, 9.17) is 0 Å². The van der Waals surface area contributed by atoms with Crippen molar-refractivity contribution in [3.05, 3.63) is 59.4 Å². The Bertz CT molecular complexity index is 995. The SMILES string of the molecule is O=C(Nc1ccc(C2CCCCC2)cc1)c1cc(S(=O)(=O)C(F)(F)F)ccc1F. The first-order valence-corrected chi connectivity index (χ1v) is 10.6. The molecule has 0 unspecified atom stereocenters. The van der Waals surface area contributed by atoms with Crippen molar-refractivity contribution in [3.63, 3.8) is 0 Å². The summed E-state index contributed by atoms with van der Waals surface area (Å²) >= 11 is 0. The van der Waals surface area contributed by atoms with Crippen LogP contribution in [0.25, 0.3) is 0 Å². The van der Waals surface area contributed by atoms with Gasteiger partial charge in [0.15, 0.2) is 0 Å². The molecule has 2 aromatic carbocycles. The molecule has 2 aromatic rings. The zero-order valence-electron chi connectivity index (χ0n) is 15.3. The van der Waals surface area contributed by atoms with Gasteiger partial charge in [0.25, 0.3) is 15.7 Å². The second-order valence-electron chi connectivity index (χ2n) is 7.00. The highest BCUT2D eigenvalue weighted by atomic mass is 32.2. The highest BCUT2D eigenvalue weighted by Gasteiger charge is 2.47. The van der Waals surface area contributed by atoms with Crippen LogP contribution >= 0.6 is 0 Å². The van der Waals surface area contributed by atoms with Crippen LogP contribution in [0, 0.1) is 5.82 Å². The number of anilines is 1. The molecule has 1 fully saturated rings. The molecule has 1 amide bonds. The smallest absolute Gasteiger partial charge is 0.322 e. The summed E-state index contributed by atoms with van der Waals surface area (Å²) in [5.74, 6) is -1.70. The predicted octanol–water partition coefficient (Wildman–Crippen LogP) is 5.42. The third-order valence-electron chi connectivity index (χ3n) is 5.04. The summed E-state index contributed by atoms with van der Waals surface area (Å²) in [5.41, 5.74) is -4.87. The van der Waals surface area contributed by atoms with Gasteiger partial charge in [0, 0.05) is 5.69 Å². The highest BCUT2D eigenvalue weighted by molar-refractivity contribution is 7.92. The molecule has 0 bridgehead atoms. The normalized spacial score (nSPS) is 15.9. The van der Waals surface area contributed by atoms with Gasteiger partial charge in [-0.25, -0.2) is 12.8 Å². The van der Waals surface area contributed by atoms with Crippen LogP contribution in [0.3, 0.4) is 0 Å². The fourth-order valence-electron chi connectivity index (χ4n) is 3.45. The Hall–Kier alpha value is -2.42. The molecular weight excluding hydrogens is 410 g/mol. The van der Waals surface area contributed by atoms with Crippen LogP contribution < -0.4 is 5.32 Å². The lowest BCUT2D eigenvalue weighted by Gasteiger charge is -2.22. The minimum Gasteiger partial charge on any atom is -0.322 e. The second kappa shape index (κ2) is 8.14. The number of hydrogen-bond acceptors (Lipinski definition) is 3. The van der Waals surface area contributed by atoms with Crippen LogP contribution in [0.1, 0.15) is 53.9 Å². The molecule has 1 saturated carbocycles. The Morgan fingerprint density at radius 3 is 2.17 bits per heavy atom. The molecule has 1 aliphatic carbocycles. The van der Waals surface area contributed by atoms with E-state index in [1.165, 1.54) is 19.3 Å². The Kier molecular flexibility index (Phi) is 5.97. The fraction of sp³-hybridized carbons (Fsp3) is 0.350. The number of benzene rings is 2. The van der Waals surface area contributed by atoms with Crippen LogP contribution in [0.15, 0.2) is 47.4 Å². The van der Waals surface area contributed by atoms with Crippen molar-refractivity contribution in [2.24, 2.45) is 0 Å². The maximum Gasteiger partial charge on any atom is 0.501 e. The Labute approximate surface area is 165 Å². The number of carbonyl (C=O) groups excluding carboxylic acids is 1. The first-order chi connectivity index (χ1) is 13.6. The van der Waals surface area contributed by atoms with E-state index in [2.05, 4.69) is 5.32 Å². The molecule has 0 heterocycles. The molecule has 3 rings (SSSR count). The molecule has 4 nitrogen and oxygen atoms in total. The zero-order valence-corrected chi connectivity index (χ0v) is 16.1. The zero-order chi connectivity index (χ0) is 21.2. The van der Waals surface area contributed by atoms with Crippen molar-refractivity contribution in [1.82, 2.24) is 0 Å². The number of alkyl halides is 3. The fourth-order valence-corrected chi connectivity index (χ4v) is 4.24. The lowest BCUT2D eigenvalue weighted by molar-refractivity contribution is -0.0436. The molecule has 0 aromatic heterocycles. The van der Waals surface area contributed by atoms with Crippen LogP contribution in [0.2, 0.25) is 0 Å². The number of halogens is 4. The lowest BCUT2D eigenvalue weighted by atomic mass is 9.84. The van der Waals surface area contributed by atoms with Gasteiger partial charge < -0.3 is 5.32 Å². The monoisotopic (exact) mass is 429 g/mol. The Morgan fingerprint density at radius 1 is 0.966 bits per heavy atom. The van der Waals surface area contributed by atoms with E-state index in [1.54, 1.807) is 12.1 Å². The summed E-state index contributed by atoms with van der Waals surface area (Å²) in [5, 5.41) is 2.39. The molecule has 0 spiro atoms. The maximum absolute atomic E-state index is 14.0. The molecule has 0 atom stereocenters. The van der Waals surface area contributed by atoms with Crippen LogP contribution in [0.4, 0.5) is 23.2 Å². The number of sulfone groups is 1. The highest BCUT2D eigenvalue weighted by Crippen LogP contribution is 2.33. The van der Waals surface area contributed by atoms with Crippen molar-refractivity contribution in [2.45, 2.75) is 48.4 Å². The molecule has 29 heavy (non-hydrogen) atoms. The number of hydrogen-bond donors (Lipinski definition) is 1. The molecule has 156 valence electrons. The molecule has 9 heteroatoms. The maximum atomic E-state index is 14.0. The minimum absolute atomic E-state index is 0.332. The summed E-state index contributed by atoms with van der Waals surface area (Å²) in [7, 11) is -5.69. The van der Waals surface area contributed by atoms with E-state index in [9.17, 15) is 30.8 Å². The van der Waals surface area contributed by atoms with Gasteiger partial charge >= 0.3 is 5.51 Å². The first kappa shape index (κ1) is 21.3. The number of rotatable bonds is 4. The van der Waals surface area contributed by atoms with Gasteiger partial charge in [-0.15, -0.1) is 0 Å². The standard InChI is InChI=1S/C20H19F4NO3S/c21-18-11-10-16(29(27,28)20(22,23)24)12-17(18)19(26)25-15-8-6-14(7-9-15)13-4-2-1-3-5-13/h6-13H,1-5H2,(H,25,26). The molecule has 0 aliphatic heterocycles. The number of amides is 1. The van der Waals surface area contributed by atoms with Crippen LogP contribution in [-0.4, -0.2) is 19.8 Å². The third-order valence-corrected chi connectivity index (χ3v) is 6.53. The van der Waals surface area contributed by atoms with Gasteiger partial charge in [0.2, 0.25) is 0 Å². The van der Waals surface area contributed by atoms with Gasteiger partial charge in [-0.3, -0.25) is 4.79 Å². The number of nitrogens with one attached hydrogen (secondary N) is 1. The summed E-state index contributed by atoms with van der Waals surface area (Å²) in [6.07, 6.45) is 5.74. The minimum atomic E-state index is -5.69.